The number of likely N-dealkylation sites (N-methyl/N-ethyl adjacent to an activating group) is 1. The zero-order valence-corrected chi connectivity index (χ0v) is 11.1. The average molecular weight is 261 g/mol. The molecule has 0 spiro atoms. The van der Waals surface area contributed by atoms with E-state index in [-0.39, 0.29) is 6.03 Å². The number of hydrogen-bond acceptors (Lipinski definition) is 4. The highest BCUT2D eigenvalue weighted by Crippen LogP contribution is 2.31. The van der Waals surface area contributed by atoms with Gasteiger partial charge in [0.1, 0.15) is 0 Å². The van der Waals surface area contributed by atoms with Crippen molar-refractivity contribution in [3.63, 3.8) is 0 Å². The summed E-state index contributed by atoms with van der Waals surface area (Å²) in [6, 6.07) is 1.99. The summed E-state index contributed by atoms with van der Waals surface area (Å²) >= 11 is 0. The van der Waals surface area contributed by atoms with Crippen LogP contribution in [0.1, 0.15) is 12.8 Å². The SMILES string of the molecule is CN1CC[C@@H]2CCN(C(=O)Nc3ncccn3)[C@@H]2C1. The molecule has 19 heavy (non-hydrogen) atoms. The van der Waals surface area contributed by atoms with Gasteiger partial charge in [0, 0.05) is 31.5 Å². The highest BCUT2D eigenvalue weighted by atomic mass is 16.2. The van der Waals surface area contributed by atoms with Crippen LogP contribution < -0.4 is 5.32 Å². The van der Waals surface area contributed by atoms with Crippen LogP contribution in [0.15, 0.2) is 18.5 Å². The Morgan fingerprint density at radius 1 is 1.32 bits per heavy atom. The van der Waals surface area contributed by atoms with Crippen molar-refractivity contribution in [3.05, 3.63) is 18.5 Å². The standard InChI is InChI=1S/C13H19N5O/c1-17-7-3-10-4-8-18(11(10)9-17)13(19)16-12-14-5-2-6-15-12/h2,5-6,10-11H,3-4,7-9H2,1H3,(H,14,15,16,19)/t10-,11-/m1/s1. The lowest BCUT2D eigenvalue weighted by Crippen LogP contribution is -2.49. The lowest BCUT2D eigenvalue weighted by Gasteiger charge is -2.36. The lowest BCUT2D eigenvalue weighted by atomic mass is 9.92. The van der Waals surface area contributed by atoms with E-state index in [1.807, 2.05) is 4.90 Å². The van der Waals surface area contributed by atoms with E-state index in [0.717, 1.165) is 26.1 Å². The molecule has 102 valence electrons. The summed E-state index contributed by atoms with van der Waals surface area (Å²) < 4.78 is 0. The molecule has 1 aromatic rings. The number of rotatable bonds is 1. The molecule has 2 aliphatic rings. The number of piperidine rings is 1. The molecule has 2 atom stereocenters. The van der Waals surface area contributed by atoms with Gasteiger partial charge in [-0.25, -0.2) is 14.8 Å². The molecule has 3 rings (SSSR count). The fraction of sp³-hybridized carbons (Fsp3) is 0.615. The van der Waals surface area contributed by atoms with Gasteiger partial charge >= 0.3 is 6.03 Å². The number of aromatic nitrogens is 2. The zero-order chi connectivity index (χ0) is 13.2. The molecule has 2 amide bonds. The van der Waals surface area contributed by atoms with Crippen molar-refractivity contribution < 1.29 is 4.79 Å². The third-order valence-electron chi connectivity index (χ3n) is 4.11. The van der Waals surface area contributed by atoms with E-state index >= 15 is 0 Å². The summed E-state index contributed by atoms with van der Waals surface area (Å²) in [5.41, 5.74) is 0. The molecule has 0 bridgehead atoms. The maximum atomic E-state index is 12.3. The van der Waals surface area contributed by atoms with Crippen LogP contribution >= 0.6 is 0 Å². The fourth-order valence-corrected chi connectivity index (χ4v) is 3.08. The summed E-state index contributed by atoms with van der Waals surface area (Å²) in [5, 5.41) is 2.78. The van der Waals surface area contributed by atoms with Crippen LogP contribution in [0.25, 0.3) is 0 Å². The van der Waals surface area contributed by atoms with Crippen molar-refractivity contribution in [1.29, 1.82) is 0 Å². The van der Waals surface area contributed by atoms with Crippen LogP contribution in [0.5, 0.6) is 0 Å². The van der Waals surface area contributed by atoms with Crippen LogP contribution in [-0.2, 0) is 0 Å². The van der Waals surface area contributed by atoms with Gasteiger partial charge < -0.3 is 9.80 Å². The minimum atomic E-state index is -0.0750. The van der Waals surface area contributed by atoms with Crippen molar-refractivity contribution in [1.82, 2.24) is 19.8 Å². The minimum absolute atomic E-state index is 0.0750. The van der Waals surface area contributed by atoms with Crippen LogP contribution in [0, 0.1) is 5.92 Å². The molecule has 2 aliphatic heterocycles. The van der Waals surface area contributed by atoms with E-state index in [1.165, 1.54) is 6.42 Å². The first-order chi connectivity index (χ1) is 9.24. The fourth-order valence-electron chi connectivity index (χ4n) is 3.08. The molecule has 6 nitrogen and oxygen atoms in total. The molecule has 6 heteroatoms. The van der Waals surface area contributed by atoms with Gasteiger partial charge in [-0.05, 0) is 38.4 Å². The number of likely N-dealkylation sites (tertiary alicyclic amines) is 2. The molecule has 1 aromatic heterocycles. The van der Waals surface area contributed by atoms with E-state index in [4.69, 9.17) is 0 Å². The van der Waals surface area contributed by atoms with Crippen molar-refractivity contribution in [3.8, 4) is 0 Å². The Bertz CT molecular complexity index is 452. The molecular formula is C13H19N5O. The van der Waals surface area contributed by atoms with E-state index in [1.54, 1.807) is 18.5 Å². The Kier molecular flexibility index (Phi) is 3.33. The summed E-state index contributed by atoms with van der Waals surface area (Å²) in [6.45, 7) is 2.94. The second-order valence-electron chi connectivity index (χ2n) is 5.36. The van der Waals surface area contributed by atoms with Gasteiger partial charge in [-0.2, -0.15) is 0 Å². The Labute approximate surface area is 112 Å². The molecule has 0 aliphatic carbocycles. The van der Waals surface area contributed by atoms with Crippen molar-refractivity contribution in [2.75, 3.05) is 32.0 Å². The number of anilines is 1. The number of urea groups is 1. The van der Waals surface area contributed by atoms with E-state index in [2.05, 4.69) is 27.2 Å². The molecule has 0 aromatic carbocycles. The van der Waals surface area contributed by atoms with Gasteiger partial charge in [-0.15, -0.1) is 0 Å². The van der Waals surface area contributed by atoms with Gasteiger partial charge in [0.15, 0.2) is 0 Å². The maximum absolute atomic E-state index is 12.3. The number of nitrogens with zero attached hydrogens (tertiary/aromatic N) is 4. The van der Waals surface area contributed by atoms with Gasteiger partial charge in [0.05, 0.1) is 0 Å². The molecule has 3 heterocycles. The lowest BCUT2D eigenvalue weighted by molar-refractivity contribution is 0.137. The van der Waals surface area contributed by atoms with Gasteiger partial charge in [-0.3, -0.25) is 5.32 Å². The number of carbonyl (C=O) groups excluding carboxylic acids is 1. The van der Waals surface area contributed by atoms with E-state index in [9.17, 15) is 4.79 Å². The number of fused-ring (bicyclic) bond motifs is 1. The third kappa shape index (κ3) is 2.53. The molecule has 2 fully saturated rings. The third-order valence-corrected chi connectivity index (χ3v) is 4.11. The van der Waals surface area contributed by atoms with E-state index in [0.29, 0.717) is 17.9 Å². The summed E-state index contributed by atoms with van der Waals surface area (Å²) in [6.07, 6.45) is 5.56. The molecule has 0 unspecified atom stereocenters. The largest absolute Gasteiger partial charge is 0.324 e. The van der Waals surface area contributed by atoms with E-state index < -0.39 is 0 Å². The normalized spacial score (nSPS) is 27.1. The Hall–Kier alpha value is -1.69. The molecule has 0 radical (unpaired) electrons. The summed E-state index contributed by atoms with van der Waals surface area (Å²) in [4.78, 5) is 24.6. The van der Waals surface area contributed by atoms with Crippen molar-refractivity contribution in [2.24, 2.45) is 5.92 Å². The summed E-state index contributed by atoms with van der Waals surface area (Å²) in [5.74, 6) is 1.03. The van der Waals surface area contributed by atoms with Gasteiger partial charge in [-0.1, -0.05) is 0 Å². The van der Waals surface area contributed by atoms with Crippen LogP contribution in [0.4, 0.5) is 10.7 Å². The molecule has 1 N–H and O–H groups in total. The van der Waals surface area contributed by atoms with Crippen LogP contribution in [0.3, 0.4) is 0 Å². The van der Waals surface area contributed by atoms with Crippen LogP contribution in [0.2, 0.25) is 0 Å². The zero-order valence-electron chi connectivity index (χ0n) is 11.1. The Morgan fingerprint density at radius 3 is 2.84 bits per heavy atom. The molecule has 2 saturated heterocycles. The first kappa shape index (κ1) is 12.3. The number of amides is 2. The first-order valence-corrected chi connectivity index (χ1v) is 6.77. The monoisotopic (exact) mass is 261 g/mol. The smallest absolute Gasteiger partial charge is 0.320 e. The highest BCUT2D eigenvalue weighted by Gasteiger charge is 2.39. The Morgan fingerprint density at radius 2 is 2.05 bits per heavy atom. The minimum Gasteiger partial charge on any atom is -0.320 e. The molecule has 0 saturated carbocycles. The Balaban J connectivity index is 1.67. The predicted molar refractivity (Wildman–Crippen MR) is 71.8 cm³/mol. The number of carbonyl (C=O) groups is 1. The second kappa shape index (κ2) is 5.13. The topological polar surface area (TPSA) is 61.4 Å². The number of hydrogen-bond donors (Lipinski definition) is 1. The highest BCUT2D eigenvalue weighted by molar-refractivity contribution is 5.87. The second-order valence-corrected chi connectivity index (χ2v) is 5.36. The molecular weight excluding hydrogens is 242 g/mol. The van der Waals surface area contributed by atoms with Gasteiger partial charge in [0.2, 0.25) is 5.95 Å². The summed E-state index contributed by atoms with van der Waals surface area (Å²) in [7, 11) is 2.12. The van der Waals surface area contributed by atoms with Crippen molar-refractivity contribution >= 4 is 12.0 Å². The maximum Gasteiger partial charge on any atom is 0.324 e. The predicted octanol–water partition coefficient (Wildman–Crippen LogP) is 1.03. The van der Waals surface area contributed by atoms with Crippen molar-refractivity contribution in [2.45, 2.75) is 18.9 Å². The number of nitrogens with one attached hydrogen (secondary N) is 1. The van der Waals surface area contributed by atoms with Crippen LogP contribution in [-0.4, -0.2) is 58.5 Å². The quantitative estimate of drug-likeness (QED) is 0.820. The average Bonchev–Trinajstić information content (AvgIpc) is 2.82. The van der Waals surface area contributed by atoms with Gasteiger partial charge in [0.25, 0.3) is 0 Å². The first-order valence-electron chi connectivity index (χ1n) is 6.77.